The number of aromatic nitrogens is 3. The van der Waals surface area contributed by atoms with Gasteiger partial charge < -0.3 is 20.5 Å². The van der Waals surface area contributed by atoms with Crippen molar-refractivity contribution in [1.29, 1.82) is 10.7 Å². The maximum Gasteiger partial charge on any atom is 0.167 e. The van der Waals surface area contributed by atoms with Crippen LogP contribution in [-0.4, -0.2) is 53.6 Å². The topological polar surface area (TPSA) is 135 Å². The average Bonchev–Trinajstić information content (AvgIpc) is 3.17. The van der Waals surface area contributed by atoms with E-state index in [1.165, 1.54) is 17.0 Å². The van der Waals surface area contributed by atoms with E-state index in [0.29, 0.717) is 57.3 Å². The number of pyridine rings is 1. The summed E-state index contributed by atoms with van der Waals surface area (Å²) in [7, 11) is 0. The number of nitrogens with two attached hydrogens (primary N) is 1. The second-order valence-electron chi connectivity index (χ2n) is 6.94. The third-order valence-corrected chi connectivity index (χ3v) is 5.00. The molecule has 4 N–H and O–H groups in total. The summed E-state index contributed by atoms with van der Waals surface area (Å²) in [5, 5.41) is 26.6. The highest BCUT2D eigenvalue weighted by Gasteiger charge is 2.37. The molecule has 9 nitrogen and oxygen atoms in total. The highest BCUT2D eigenvalue weighted by atomic mass is 16.5. The predicted octanol–water partition coefficient (Wildman–Crippen LogP) is 2.14. The van der Waals surface area contributed by atoms with Gasteiger partial charge in [0, 0.05) is 31.8 Å². The molecular weight excluding hydrogens is 370 g/mol. The zero-order chi connectivity index (χ0) is 20.7. The van der Waals surface area contributed by atoms with E-state index in [0.717, 1.165) is 17.4 Å². The molecule has 0 unspecified atom stereocenters. The Morgan fingerprint density at radius 2 is 2.28 bits per heavy atom. The Morgan fingerprint density at radius 3 is 2.97 bits per heavy atom. The summed E-state index contributed by atoms with van der Waals surface area (Å²) in [6.07, 6.45) is 6.58. The lowest BCUT2D eigenvalue weighted by molar-refractivity contribution is 0.0679. The van der Waals surface area contributed by atoms with E-state index in [2.05, 4.69) is 28.4 Å². The van der Waals surface area contributed by atoms with E-state index in [4.69, 9.17) is 20.6 Å². The second-order valence-corrected chi connectivity index (χ2v) is 6.94. The van der Waals surface area contributed by atoms with Gasteiger partial charge in [-0.05, 0) is 43.2 Å². The van der Waals surface area contributed by atoms with Crippen molar-refractivity contribution in [3.05, 3.63) is 30.1 Å². The molecule has 0 bridgehead atoms. The van der Waals surface area contributed by atoms with Gasteiger partial charge in [0.15, 0.2) is 5.65 Å². The van der Waals surface area contributed by atoms with Gasteiger partial charge in [0.25, 0.3) is 0 Å². The fraction of sp³-hybridized carbons (Fsp3) is 0.500. The summed E-state index contributed by atoms with van der Waals surface area (Å²) in [4.78, 5) is 4.65. The molecule has 1 aliphatic rings. The number of nitrogens with zero attached hydrogens (tertiary/aromatic N) is 4. The maximum absolute atomic E-state index is 10.1. The molecule has 0 aliphatic carbocycles. The van der Waals surface area contributed by atoms with Crippen LogP contribution >= 0.6 is 0 Å². The molecule has 0 amide bonds. The van der Waals surface area contributed by atoms with Gasteiger partial charge in [0.05, 0.1) is 24.3 Å². The van der Waals surface area contributed by atoms with Crippen molar-refractivity contribution < 1.29 is 9.47 Å². The standard InChI is InChI=1S/C20H27N7O2/c1-2-8-28-11-7-24-18-12-16(20(14-22)4-9-29-10-5-20)15-13-25-27(19(15)26-18)17(23)3-6-21/h3,6,12-13,23H,2,4-5,7-11,21H2,1H3,(H,24,26)/b6-3-,23-17?. The van der Waals surface area contributed by atoms with Crippen LogP contribution in [0.25, 0.3) is 11.0 Å². The summed E-state index contributed by atoms with van der Waals surface area (Å²) in [6, 6.07) is 4.44. The van der Waals surface area contributed by atoms with Crippen LogP contribution in [0.15, 0.2) is 24.5 Å². The van der Waals surface area contributed by atoms with Crippen LogP contribution in [0.3, 0.4) is 0 Å². The van der Waals surface area contributed by atoms with Crippen LogP contribution in [0.1, 0.15) is 31.7 Å². The van der Waals surface area contributed by atoms with Crippen molar-refractivity contribution in [3.8, 4) is 6.07 Å². The molecule has 0 saturated carbocycles. The van der Waals surface area contributed by atoms with Crippen molar-refractivity contribution in [3.63, 3.8) is 0 Å². The first kappa shape index (κ1) is 20.8. The third kappa shape index (κ3) is 4.39. The van der Waals surface area contributed by atoms with E-state index in [-0.39, 0.29) is 5.84 Å². The molecule has 0 radical (unpaired) electrons. The molecule has 2 aromatic heterocycles. The first-order valence-corrected chi connectivity index (χ1v) is 9.82. The van der Waals surface area contributed by atoms with E-state index in [1.54, 1.807) is 6.20 Å². The van der Waals surface area contributed by atoms with Gasteiger partial charge in [-0.1, -0.05) is 6.92 Å². The van der Waals surface area contributed by atoms with Crippen LogP contribution < -0.4 is 11.1 Å². The summed E-state index contributed by atoms with van der Waals surface area (Å²) in [5.74, 6) is 0.724. The van der Waals surface area contributed by atoms with Crippen LogP contribution in [0.4, 0.5) is 5.82 Å². The zero-order valence-corrected chi connectivity index (χ0v) is 16.6. The molecule has 0 spiro atoms. The molecule has 1 aliphatic heterocycles. The van der Waals surface area contributed by atoms with E-state index >= 15 is 0 Å². The van der Waals surface area contributed by atoms with Gasteiger partial charge >= 0.3 is 0 Å². The monoisotopic (exact) mass is 397 g/mol. The minimum atomic E-state index is -0.672. The Morgan fingerprint density at radius 1 is 1.48 bits per heavy atom. The van der Waals surface area contributed by atoms with Gasteiger partial charge in [-0.3, -0.25) is 5.41 Å². The molecule has 0 atom stereocenters. The number of hydrogen-bond acceptors (Lipinski definition) is 8. The van der Waals surface area contributed by atoms with Crippen LogP contribution in [-0.2, 0) is 14.9 Å². The molecule has 9 heteroatoms. The Kier molecular flexibility index (Phi) is 6.80. The quantitative estimate of drug-likeness (QED) is 0.353. The first-order chi connectivity index (χ1) is 14.1. The fourth-order valence-corrected chi connectivity index (χ4v) is 3.48. The number of nitrogens with one attached hydrogen (secondary N) is 2. The highest BCUT2D eigenvalue weighted by molar-refractivity contribution is 5.98. The molecule has 2 aromatic rings. The van der Waals surface area contributed by atoms with Crippen LogP contribution in [0.5, 0.6) is 0 Å². The molecule has 1 saturated heterocycles. The van der Waals surface area contributed by atoms with Crippen LogP contribution in [0, 0.1) is 16.7 Å². The van der Waals surface area contributed by atoms with Crippen molar-refractivity contribution in [2.75, 3.05) is 38.3 Å². The molecular formula is C20H27N7O2. The number of fused-ring (bicyclic) bond motifs is 1. The van der Waals surface area contributed by atoms with Crippen molar-refractivity contribution in [2.45, 2.75) is 31.6 Å². The number of allylic oxidation sites excluding steroid dienone is 1. The summed E-state index contributed by atoms with van der Waals surface area (Å²) >= 11 is 0. The largest absolute Gasteiger partial charge is 0.404 e. The molecule has 154 valence electrons. The molecule has 29 heavy (non-hydrogen) atoms. The SMILES string of the molecule is CCCOCCNc1cc(C2(C#N)CCOCC2)c2cnn(C(=N)/C=C\N)c2n1. The molecule has 1 fully saturated rings. The zero-order valence-electron chi connectivity index (χ0n) is 16.6. The van der Waals surface area contributed by atoms with Gasteiger partial charge in [0.1, 0.15) is 11.7 Å². The molecule has 3 rings (SSSR count). The smallest absolute Gasteiger partial charge is 0.167 e. The lowest BCUT2D eigenvalue weighted by Gasteiger charge is -2.31. The number of anilines is 1. The minimum absolute atomic E-state index is 0.0994. The maximum atomic E-state index is 10.1. The fourth-order valence-electron chi connectivity index (χ4n) is 3.48. The third-order valence-electron chi connectivity index (χ3n) is 5.00. The lowest BCUT2D eigenvalue weighted by Crippen LogP contribution is -2.32. The van der Waals surface area contributed by atoms with Crippen molar-refractivity contribution >= 4 is 22.7 Å². The van der Waals surface area contributed by atoms with Crippen molar-refractivity contribution in [1.82, 2.24) is 14.8 Å². The van der Waals surface area contributed by atoms with Gasteiger partial charge in [-0.15, -0.1) is 0 Å². The Bertz CT molecular complexity index is 923. The molecule has 3 heterocycles. The minimum Gasteiger partial charge on any atom is -0.404 e. The van der Waals surface area contributed by atoms with Gasteiger partial charge in [0.2, 0.25) is 0 Å². The number of hydrogen-bond donors (Lipinski definition) is 3. The predicted molar refractivity (Wildman–Crippen MR) is 111 cm³/mol. The highest BCUT2D eigenvalue weighted by Crippen LogP contribution is 2.39. The first-order valence-electron chi connectivity index (χ1n) is 9.82. The van der Waals surface area contributed by atoms with E-state index < -0.39 is 5.41 Å². The second kappa shape index (κ2) is 9.49. The summed E-state index contributed by atoms with van der Waals surface area (Å²) in [6.45, 7) is 5.00. The normalized spacial score (nSPS) is 16.1. The van der Waals surface area contributed by atoms with E-state index in [1.807, 2.05) is 6.07 Å². The van der Waals surface area contributed by atoms with Gasteiger partial charge in [-0.2, -0.15) is 15.0 Å². The van der Waals surface area contributed by atoms with Crippen molar-refractivity contribution in [2.24, 2.45) is 5.73 Å². The lowest BCUT2D eigenvalue weighted by atomic mass is 9.74. The molecule has 0 aromatic carbocycles. The van der Waals surface area contributed by atoms with Crippen LogP contribution in [0.2, 0.25) is 0 Å². The average molecular weight is 397 g/mol. The van der Waals surface area contributed by atoms with Gasteiger partial charge in [-0.25, -0.2) is 4.98 Å². The number of rotatable bonds is 8. The number of ether oxygens (including phenoxy) is 2. The Hall–Kier alpha value is -2.96. The summed E-state index contributed by atoms with van der Waals surface area (Å²) < 4.78 is 12.4. The Labute approximate surface area is 170 Å². The Balaban J connectivity index is 2.03. The van der Waals surface area contributed by atoms with E-state index in [9.17, 15) is 5.26 Å². The summed E-state index contributed by atoms with van der Waals surface area (Å²) in [5.41, 5.74) is 6.15. The number of nitriles is 1.